The van der Waals surface area contributed by atoms with E-state index in [0.717, 1.165) is 17.8 Å². The first kappa shape index (κ1) is 14.4. The van der Waals surface area contributed by atoms with Crippen LogP contribution in [0.15, 0.2) is 29.2 Å². The molecule has 2 aromatic rings. The highest BCUT2D eigenvalue weighted by molar-refractivity contribution is 7.92. The van der Waals surface area contributed by atoms with Crippen LogP contribution in [0.1, 0.15) is 25.5 Å². The molecule has 0 saturated heterocycles. The van der Waals surface area contributed by atoms with Crippen molar-refractivity contribution in [2.45, 2.75) is 24.7 Å². The third-order valence-electron chi connectivity index (χ3n) is 2.64. The summed E-state index contributed by atoms with van der Waals surface area (Å²) in [6, 6.07) is 3.72. The number of nitrogens with one attached hydrogen (secondary N) is 2. The van der Waals surface area contributed by atoms with Gasteiger partial charge in [0.1, 0.15) is 16.5 Å². The molecule has 0 fully saturated rings. The molecule has 1 aromatic carbocycles. The molecule has 0 radical (unpaired) electrons. The van der Waals surface area contributed by atoms with E-state index >= 15 is 0 Å². The predicted octanol–water partition coefficient (Wildman–Crippen LogP) is 2.61. The molecule has 20 heavy (non-hydrogen) atoms. The van der Waals surface area contributed by atoms with Crippen LogP contribution in [0.5, 0.6) is 0 Å². The largest absolute Gasteiger partial charge is 0.280 e. The Morgan fingerprint density at radius 2 is 1.95 bits per heavy atom. The van der Waals surface area contributed by atoms with E-state index in [2.05, 4.69) is 14.9 Å². The minimum absolute atomic E-state index is 0.0253. The summed E-state index contributed by atoms with van der Waals surface area (Å²) in [5.74, 6) is -1.71. The molecule has 2 rings (SSSR count). The smallest absolute Gasteiger partial charge is 0.266 e. The summed E-state index contributed by atoms with van der Waals surface area (Å²) in [5.41, 5.74) is 0.724. The van der Waals surface area contributed by atoms with Crippen molar-refractivity contribution in [1.82, 2.24) is 10.2 Å². The average Bonchev–Trinajstić information content (AvgIpc) is 2.80. The van der Waals surface area contributed by atoms with Crippen molar-refractivity contribution in [3.63, 3.8) is 0 Å². The molecule has 8 heteroatoms. The summed E-state index contributed by atoms with van der Waals surface area (Å²) >= 11 is 0. The molecule has 108 valence electrons. The van der Waals surface area contributed by atoms with Gasteiger partial charge in [-0.05, 0) is 24.1 Å². The van der Waals surface area contributed by atoms with E-state index < -0.39 is 26.6 Å². The van der Waals surface area contributed by atoms with Gasteiger partial charge in [0.2, 0.25) is 0 Å². The van der Waals surface area contributed by atoms with E-state index in [1.54, 1.807) is 0 Å². The van der Waals surface area contributed by atoms with Crippen LogP contribution in [0.3, 0.4) is 0 Å². The number of hydrogen-bond donors (Lipinski definition) is 2. The minimum atomic E-state index is -4.23. The van der Waals surface area contributed by atoms with Crippen LogP contribution >= 0.6 is 0 Å². The van der Waals surface area contributed by atoms with Gasteiger partial charge in [0, 0.05) is 11.8 Å². The van der Waals surface area contributed by atoms with Gasteiger partial charge in [0.15, 0.2) is 5.82 Å². The summed E-state index contributed by atoms with van der Waals surface area (Å²) in [4.78, 5) is -0.758. The summed E-state index contributed by atoms with van der Waals surface area (Å²) in [6.45, 7) is 3.80. The maximum Gasteiger partial charge on any atom is 0.266 e. The summed E-state index contributed by atoms with van der Waals surface area (Å²) in [6.07, 6.45) is 0. The molecular weight excluding hydrogens is 288 g/mol. The topological polar surface area (TPSA) is 74.8 Å². The third kappa shape index (κ3) is 2.96. The number of H-pyrrole nitrogens is 1. The number of aromatic amines is 1. The third-order valence-corrected chi connectivity index (χ3v) is 4.01. The molecule has 0 spiro atoms. The Bertz CT molecular complexity index is 726. The van der Waals surface area contributed by atoms with E-state index in [9.17, 15) is 17.2 Å². The van der Waals surface area contributed by atoms with Crippen molar-refractivity contribution in [2.75, 3.05) is 4.72 Å². The van der Waals surface area contributed by atoms with Crippen LogP contribution in [0.4, 0.5) is 14.6 Å². The van der Waals surface area contributed by atoms with E-state index in [-0.39, 0.29) is 11.7 Å². The highest BCUT2D eigenvalue weighted by Gasteiger charge is 2.21. The second-order valence-corrected chi connectivity index (χ2v) is 6.19. The number of sulfonamides is 1. The first-order chi connectivity index (χ1) is 9.29. The van der Waals surface area contributed by atoms with Gasteiger partial charge in [-0.15, -0.1) is 0 Å². The molecule has 0 bridgehead atoms. The number of nitrogens with zero attached hydrogens (tertiary/aromatic N) is 1. The van der Waals surface area contributed by atoms with Gasteiger partial charge in [0.25, 0.3) is 10.0 Å². The molecule has 2 N–H and O–H groups in total. The minimum Gasteiger partial charge on any atom is -0.280 e. The Morgan fingerprint density at radius 1 is 1.25 bits per heavy atom. The Hall–Kier alpha value is -1.96. The van der Waals surface area contributed by atoms with Crippen LogP contribution in [0.25, 0.3) is 0 Å². The van der Waals surface area contributed by atoms with Crippen molar-refractivity contribution in [3.05, 3.63) is 41.6 Å². The summed E-state index contributed by atoms with van der Waals surface area (Å²) in [7, 11) is -4.23. The maximum atomic E-state index is 13.5. The lowest BCUT2D eigenvalue weighted by Gasteiger charge is -2.06. The standard InChI is InChI=1S/C12H13F2N3O2S/c1-7(2)10-6-12(16-15-10)17-20(18,19)11-5-8(13)3-4-9(11)14/h3-7H,1-2H3,(H2,15,16,17). The number of rotatable bonds is 4. The Morgan fingerprint density at radius 3 is 2.55 bits per heavy atom. The van der Waals surface area contributed by atoms with Crippen molar-refractivity contribution >= 4 is 15.8 Å². The van der Waals surface area contributed by atoms with Gasteiger partial charge in [0.05, 0.1) is 0 Å². The zero-order valence-corrected chi connectivity index (χ0v) is 11.6. The Balaban J connectivity index is 2.33. The number of hydrogen-bond acceptors (Lipinski definition) is 3. The fourth-order valence-electron chi connectivity index (χ4n) is 1.56. The molecule has 0 aliphatic rings. The first-order valence-corrected chi connectivity index (χ1v) is 7.31. The second kappa shape index (κ2) is 5.20. The van der Waals surface area contributed by atoms with Crippen LogP contribution in [0, 0.1) is 11.6 Å². The zero-order chi connectivity index (χ0) is 14.9. The predicted molar refractivity (Wildman–Crippen MR) is 69.8 cm³/mol. The number of aromatic nitrogens is 2. The number of anilines is 1. The highest BCUT2D eigenvalue weighted by atomic mass is 32.2. The fraction of sp³-hybridized carbons (Fsp3) is 0.250. The van der Waals surface area contributed by atoms with Crippen LogP contribution in [-0.2, 0) is 10.0 Å². The first-order valence-electron chi connectivity index (χ1n) is 5.83. The molecular formula is C12H13F2N3O2S. The van der Waals surface area contributed by atoms with Crippen molar-refractivity contribution < 1.29 is 17.2 Å². The van der Waals surface area contributed by atoms with Crippen molar-refractivity contribution in [1.29, 1.82) is 0 Å². The van der Waals surface area contributed by atoms with Gasteiger partial charge in [-0.1, -0.05) is 13.8 Å². The molecule has 1 aromatic heterocycles. The number of benzene rings is 1. The molecule has 0 aliphatic heterocycles. The van der Waals surface area contributed by atoms with E-state index in [1.165, 1.54) is 6.07 Å². The maximum absolute atomic E-state index is 13.5. The van der Waals surface area contributed by atoms with E-state index in [1.807, 2.05) is 13.8 Å². The normalized spacial score (nSPS) is 11.8. The number of halogens is 2. The van der Waals surface area contributed by atoms with Crippen molar-refractivity contribution in [3.8, 4) is 0 Å². The zero-order valence-electron chi connectivity index (χ0n) is 10.8. The van der Waals surface area contributed by atoms with Crippen LogP contribution in [-0.4, -0.2) is 18.6 Å². The van der Waals surface area contributed by atoms with Crippen LogP contribution < -0.4 is 4.72 Å². The lowest BCUT2D eigenvalue weighted by Crippen LogP contribution is -2.15. The van der Waals surface area contributed by atoms with Gasteiger partial charge < -0.3 is 0 Å². The summed E-state index contributed by atoms with van der Waals surface area (Å²) < 4.78 is 52.6. The van der Waals surface area contributed by atoms with Gasteiger partial charge in [-0.2, -0.15) is 5.10 Å². The molecule has 0 atom stereocenters. The van der Waals surface area contributed by atoms with Crippen molar-refractivity contribution in [2.24, 2.45) is 0 Å². The van der Waals surface area contributed by atoms with E-state index in [0.29, 0.717) is 6.07 Å². The van der Waals surface area contributed by atoms with Gasteiger partial charge in [-0.25, -0.2) is 17.2 Å². The molecule has 0 unspecified atom stereocenters. The Labute approximate surface area is 115 Å². The molecule has 1 heterocycles. The molecule has 0 aliphatic carbocycles. The van der Waals surface area contributed by atoms with Gasteiger partial charge in [-0.3, -0.25) is 9.82 Å². The quantitative estimate of drug-likeness (QED) is 0.911. The second-order valence-electron chi connectivity index (χ2n) is 4.54. The molecule has 0 saturated carbocycles. The average molecular weight is 301 g/mol. The molecule has 5 nitrogen and oxygen atoms in total. The Kier molecular flexibility index (Phi) is 3.76. The van der Waals surface area contributed by atoms with Crippen LogP contribution in [0.2, 0.25) is 0 Å². The van der Waals surface area contributed by atoms with E-state index in [4.69, 9.17) is 0 Å². The highest BCUT2D eigenvalue weighted by Crippen LogP contribution is 2.21. The SMILES string of the molecule is CC(C)c1cc(NS(=O)(=O)c2cc(F)ccc2F)n[nH]1. The van der Waals surface area contributed by atoms with Gasteiger partial charge >= 0.3 is 0 Å². The lowest BCUT2D eigenvalue weighted by molar-refractivity contribution is 0.555. The summed E-state index contributed by atoms with van der Waals surface area (Å²) in [5, 5.41) is 6.43. The monoisotopic (exact) mass is 301 g/mol. The lowest BCUT2D eigenvalue weighted by atomic mass is 10.1. The molecule has 0 amide bonds. The fourth-order valence-corrected chi connectivity index (χ4v) is 2.64.